The van der Waals surface area contributed by atoms with Gasteiger partial charge < -0.3 is 20.0 Å². The average Bonchev–Trinajstić information content (AvgIpc) is 3.70. The van der Waals surface area contributed by atoms with Crippen molar-refractivity contribution in [2.45, 2.75) is 102 Å². The Balaban J connectivity index is 0.925. The highest BCUT2D eigenvalue weighted by atomic mass is 16.3. The Bertz CT molecular complexity index is 1630. The fourth-order valence-electron chi connectivity index (χ4n) is 12.1. The van der Waals surface area contributed by atoms with E-state index >= 15 is 0 Å². The predicted molar refractivity (Wildman–Crippen MR) is 187 cm³/mol. The van der Waals surface area contributed by atoms with Crippen LogP contribution in [0.5, 0.6) is 0 Å². The van der Waals surface area contributed by atoms with E-state index in [1.807, 2.05) is 47.4 Å². The molecule has 8 rings (SSSR count). The Morgan fingerprint density at radius 2 is 1.65 bits per heavy atom. The third kappa shape index (κ3) is 4.88. The Labute approximate surface area is 286 Å². The fourth-order valence-corrected chi connectivity index (χ4v) is 12.1. The molecule has 6 fully saturated rings. The number of carbonyl (C=O) groups is 2. The predicted octanol–water partition coefficient (Wildman–Crippen LogP) is 5.34. The van der Waals surface area contributed by atoms with Crippen LogP contribution in [0.2, 0.25) is 0 Å². The summed E-state index contributed by atoms with van der Waals surface area (Å²) in [5.41, 5.74) is -0.381. The van der Waals surface area contributed by atoms with E-state index in [4.69, 9.17) is 6.42 Å². The Morgan fingerprint density at radius 1 is 0.896 bits per heavy atom. The number of carbonyl (C=O) groups excluding carboxylic acids is 2. The normalized spacial score (nSPS) is 41.4. The lowest BCUT2D eigenvalue weighted by Crippen LogP contribution is -2.63. The smallest absolute Gasteiger partial charge is 0.254 e. The van der Waals surface area contributed by atoms with Crippen LogP contribution in [-0.4, -0.2) is 93.2 Å². The Morgan fingerprint density at radius 3 is 2.42 bits per heavy atom. The molecule has 7 heteroatoms. The summed E-state index contributed by atoms with van der Waals surface area (Å²) in [6, 6.07) is 13.6. The van der Waals surface area contributed by atoms with Gasteiger partial charge in [0.2, 0.25) is 5.91 Å². The molecule has 2 aromatic rings. The SMILES string of the molecule is C#C[C@@]1(O)CC[C@H]2[C@@H]3CCC4CC(O)C(N5CCN(C(=O)C6CCCN6C(=O)c6ccc7ccccc7c6)CC5)C[C@]4(C)[C@H]3CC[C@@]21C. The zero-order valence-corrected chi connectivity index (χ0v) is 28.8. The van der Waals surface area contributed by atoms with Gasteiger partial charge in [0, 0.05) is 49.7 Å². The van der Waals surface area contributed by atoms with Crippen molar-refractivity contribution in [1.82, 2.24) is 14.7 Å². The van der Waals surface area contributed by atoms with Crippen LogP contribution in [0.1, 0.15) is 88.4 Å². The minimum Gasteiger partial charge on any atom is -0.391 e. The number of aliphatic hydroxyl groups excluding tert-OH is 1. The van der Waals surface area contributed by atoms with Gasteiger partial charge in [0.1, 0.15) is 11.6 Å². The van der Waals surface area contributed by atoms with Crippen LogP contribution in [-0.2, 0) is 4.79 Å². The second-order valence-corrected chi connectivity index (χ2v) is 16.8. The highest BCUT2D eigenvalue weighted by Gasteiger charge is 2.65. The molecular weight excluding hydrogens is 598 g/mol. The number of nitrogens with zero attached hydrogens (tertiary/aromatic N) is 3. The lowest BCUT2D eigenvalue weighted by Gasteiger charge is -2.63. The molecule has 4 unspecified atom stereocenters. The first-order chi connectivity index (χ1) is 23.1. The highest BCUT2D eigenvalue weighted by molar-refractivity contribution is 6.01. The topological polar surface area (TPSA) is 84.3 Å². The summed E-state index contributed by atoms with van der Waals surface area (Å²) in [6.07, 6.45) is 15.1. The largest absolute Gasteiger partial charge is 0.391 e. The second kappa shape index (κ2) is 11.9. The van der Waals surface area contributed by atoms with E-state index in [0.717, 1.165) is 68.8 Å². The minimum atomic E-state index is -0.984. The van der Waals surface area contributed by atoms with E-state index in [0.29, 0.717) is 61.7 Å². The molecule has 0 radical (unpaired) electrons. The number of hydrogen-bond acceptors (Lipinski definition) is 5. The lowest BCUT2D eigenvalue weighted by atomic mass is 9.44. The quantitative estimate of drug-likeness (QED) is 0.439. The molecule has 2 heterocycles. The van der Waals surface area contributed by atoms with Crippen molar-refractivity contribution in [3.05, 3.63) is 48.0 Å². The molecule has 4 saturated carbocycles. The molecule has 0 aromatic heterocycles. The van der Waals surface area contributed by atoms with Crippen molar-refractivity contribution in [2.24, 2.45) is 34.5 Å². The molecule has 2 saturated heterocycles. The molecular formula is C41H53N3O4. The van der Waals surface area contributed by atoms with Crippen molar-refractivity contribution in [2.75, 3.05) is 32.7 Å². The number of benzene rings is 2. The molecule has 48 heavy (non-hydrogen) atoms. The van der Waals surface area contributed by atoms with Crippen LogP contribution in [0.3, 0.4) is 0 Å². The first kappa shape index (κ1) is 32.3. The summed E-state index contributed by atoms with van der Waals surface area (Å²) in [7, 11) is 0. The molecule has 6 aliphatic rings. The summed E-state index contributed by atoms with van der Waals surface area (Å²) in [5.74, 6) is 5.01. The molecule has 2 aromatic carbocycles. The van der Waals surface area contributed by atoms with Gasteiger partial charge in [0.15, 0.2) is 0 Å². The van der Waals surface area contributed by atoms with Crippen molar-refractivity contribution >= 4 is 22.6 Å². The van der Waals surface area contributed by atoms with E-state index in [1.54, 1.807) is 4.90 Å². The number of likely N-dealkylation sites (tertiary alicyclic amines) is 1. The van der Waals surface area contributed by atoms with Gasteiger partial charge >= 0.3 is 0 Å². The maximum atomic E-state index is 13.9. The summed E-state index contributed by atoms with van der Waals surface area (Å²) in [5, 5.41) is 25.1. The van der Waals surface area contributed by atoms with Crippen molar-refractivity contribution in [1.29, 1.82) is 0 Å². The second-order valence-electron chi connectivity index (χ2n) is 16.8. The van der Waals surface area contributed by atoms with Crippen LogP contribution in [0.25, 0.3) is 10.8 Å². The number of terminal acetylenes is 1. The van der Waals surface area contributed by atoms with Crippen LogP contribution in [0.4, 0.5) is 0 Å². The number of piperazine rings is 1. The molecule has 0 spiro atoms. The number of amides is 2. The number of hydrogen-bond donors (Lipinski definition) is 2. The van der Waals surface area contributed by atoms with Crippen LogP contribution in [0, 0.1) is 46.8 Å². The number of aliphatic hydroxyl groups is 2. The molecule has 10 atom stereocenters. The maximum absolute atomic E-state index is 13.9. The molecule has 0 bridgehead atoms. The summed E-state index contributed by atoms with van der Waals surface area (Å²) in [6.45, 7) is 8.15. The third-order valence-corrected chi connectivity index (χ3v) is 15.0. The van der Waals surface area contributed by atoms with Gasteiger partial charge in [-0.25, -0.2) is 0 Å². The van der Waals surface area contributed by atoms with Gasteiger partial charge in [0.25, 0.3) is 5.91 Å². The first-order valence-electron chi connectivity index (χ1n) is 18.8. The monoisotopic (exact) mass is 651 g/mol. The molecule has 7 nitrogen and oxygen atoms in total. The van der Waals surface area contributed by atoms with Gasteiger partial charge in [0.05, 0.1) is 6.10 Å². The molecule has 2 N–H and O–H groups in total. The van der Waals surface area contributed by atoms with E-state index < -0.39 is 11.6 Å². The van der Waals surface area contributed by atoms with Gasteiger partial charge in [-0.1, -0.05) is 50.1 Å². The molecule has 2 aliphatic heterocycles. The van der Waals surface area contributed by atoms with Gasteiger partial charge in [-0.3, -0.25) is 14.5 Å². The lowest BCUT2D eigenvalue weighted by molar-refractivity contribution is -0.163. The van der Waals surface area contributed by atoms with Crippen LogP contribution in [0.15, 0.2) is 42.5 Å². The van der Waals surface area contributed by atoms with Crippen LogP contribution >= 0.6 is 0 Å². The van der Waals surface area contributed by atoms with E-state index in [-0.39, 0.29) is 34.8 Å². The van der Waals surface area contributed by atoms with Crippen molar-refractivity contribution in [3.8, 4) is 12.3 Å². The van der Waals surface area contributed by atoms with Crippen LogP contribution < -0.4 is 0 Å². The van der Waals surface area contributed by atoms with Gasteiger partial charge in [-0.15, -0.1) is 6.42 Å². The van der Waals surface area contributed by atoms with Gasteiger partial charge in [-0.2, -0.15) is 0 Å². The van der Waals surface area contributed by atoms with E-state index in [2.05, 4.69) is 24.7 Å². The fraction of sp³-hybridized carbons (Fsp3) is 0.659. The standard InChI is InChI=1S/C41H53N3O4/c1-4-41(48)18-16-33-31-14-13-30-25-36(45)35(26-39(30,2)32(31)15-17-40(33,41)3)42-20-22-43(23-21-42)38(47)34-10-7-19-44(34)37(46)29-12-11-27-8-5-6-9-28(27)24-29/h1,5-6,8-9,11-12,24,30-36,45,48H,7,10,13-23,25-26H2,2-3H3/t30?,31-,32+,33+,34?,35?,36?,39+,40+,41-/m1/s1. The molecule has 4 aliphatic carbocycles. The first-order valence-corrected chi connectivity index (χ1v) is 18.8. The summed E-state index contributed by atoms with van der Waals surface area (Å²) >= 11 is 0. The Hall–Kier alpha value is -2.92. The number of fused-ring (bicyclic) bond motifs is 6. The van der Waals surface area contributed by atoms with Crippen molar-refractivity contribution in [3.63, 3.8) is 0 Å². The summed E-state index contributed by atoms with van der Waals surface area (Å²) < 4.78 is 0. The zero-order valence-electron chi connectivity index (χ0n) is 28.8. The average molecular weight is 652 g/mol. The van der Waals surface area contributed by atoms with Gasteiger partial charge in [-0.05, 0) is 116 Å². The molecule has 256 valence electrons. The van der Waals surface area contributed by atoms with Crippen molar-refractivity contribution < 1.29 is 19.8 Å². The highest BCUT2D eigenvalue weighted by Crippen LogP contribution is 2.68. The zero-order chi connectivity index (χ0) is 33.4. The third-order valence-electron chi connectivity index (χ3n) is 15.0. The Kier molecular flexibility index (Phi) is 7.97. The minimum absolute atomic E-state index is 0.0567. The maximum Gasteiger partial charge on any atom is 0.254 e. The number of rotatable bonds is 3. The van der Waals surface area contributed by atoms with E-state index in [9.17, 15) is 19.8 Å². The molecule has 2 amide bonds. The summed E-state index contributed by atoms with van der Waals surface area (Å²) in [4.78, 5) is 33.8. The van der Waals surface area contributed by atoms with E-state index in [1.165, 1.54) is 6.42 Å².